The molecular weight excluding hydrogens is 190 g/mol. The summed E-state index contributed by atoms with van der Waals surface area (Å²) in [6, 6.07) is 3.53. The van der Waals surface area contributed by atoms with Crippen molar-refractivity contribution in [3.05, 3.63) is 30.1 Å². The van der Waals surface area contributed by atoms with E-state index < -0.39 is 19.1 Å². The summed E-state index contributed by atoms with van der Waals surface area (Å²) in [6.07, 6.45) is 3.22. The Kier molecular flexibility index (Phi) is 3.91. The number of nitrogens with zero attached hydrogens (tertiary/aromatic N) is 1. The lowest BCUT2D eigenvalue weighted by Gasteiger charge is -2.13. The van der Waals surface area contributed by atoms with E-state index in [2.05, 4.69) is 10.3 Å². The fourth-order valence-corrected chi connectivity index (χ4v) is 0.948. The minimum Gasteiger partial charge on any atom is -0.390 e. The summed E-state index contributed by atoms with van der Waals surface area (Å²) in [4.78, 5) is 3.84. The Morgan fingerprint density at radius 1 is 1.50 bits per heavy atom. The van der Waals surface area contributed by atoms with E-state index in [0.717, 1.165) is 5.56 Å². The number of aliphatic hydroxyl groups excluding tert-OH is 1. The molecule has 0 aliphatic carbocycles. The van der Waals surface area contributed by atoms with Gasteiger partial charge in [0.15, 0.2) is 0 Å². The standard InChI is InChI=1S/C9H12F2N2O/c10-9(11,7-14)6-13-5-8-2-1-3-12-4-8/h1-4,13-14H,5-7H2. The van der Waals surface area contributed by atoms with Gasteiger partial charge in [-0.25, -0.2) is 8.78 Å². The molecule has 0 spiro atoms. The van der Waals surface area contributed by atoms with Gasteiger partial charge in [0.1, 0.15) is 6.61 Å². The molecule has 1 heterocycles. The number of hydrogen-bond acceptors (Lipinski definition) is 3. The molecule has 0 radical (unpaired) electrons. The third kappa shape index (κ3) is 3.76. The highest BCUT2D eigenvalue weighted by Crippen LogP contribution is 2.09. The van der Waals surface area contributed by atoms with Crippen LogP contribution in [0.4, 0.5) is 8.78 Å². The van der Waals surface area contributed by atoms with E-state index in [1.807, 2.05) is 0 Å². The molecule has 5 heteroatoms. The van der Waals surface area contributed by atoms with Crippen LogP contribution in [0, 0.1) is 0 Å². The van der Waals surface area contributed by atoms with E-state index in [4.69, 9.17) is 5.11 Å². The maximum absolute atomic E-state index is 12.5. The van der Waals surface area contributed by atoms with Gasteiger partial charge in [-0.3, -0.25) is 4.98 Å². The van der Waals surface area contributed by atoms with E-state index in [-0.39, 0.29) is 0 Å². The highest BCUT2D eigenvalue weighted by Gasteiger charge is 2.26. The minimum atomic E-state index is -3.05. The van der Waals surface area contributed by atoms with E-state index in [1.54, 1.807) is 24.5 Å². The first-order valence-corrected chi connectivity index (χ1v) is 4.22. The summed E-state index contributed by atoms with van der Waals surface area (Å²) in [5.41, 5.74) is 0.834. The highest BCUT2D eigenvalue weighted by molar-refractivity contribution is 5.07. The molecule has 0 bridgehead atoms. The maximum Gasteiger partial charge on any atom is 0.282 e. The molecule has 1 aromatic rings. The number of rotatable bonds is 5. The molecule has 78 valence electrons. The molecule has 0 unspecified atom stereocenters. The average Bonchev–Trinajstić information content (AvgIpc) is 2.19. The normalized spacial score (nSPS) is 11.6. The molecule has 0 saturated heterocycles. The highest BCUT2D eigenvalue weighted by atomic mass is 19.3. The van der Waals surface area contributed by atoms with Gasteiger partial charge >= 0.3 is 0 Å². The monoisotopic (exact) mass is 202 g/mol. The largest absolute Gasteiger partial charge is 0.390 e. The van der Waals surface area contributed by atoms with Crippen molar-refractivity contribution in [2.45, 2.75) is 12.5 Å². The molecule has 0 aliphatic rings. The minimum absolute atomic E-state index is 0.323. The smallest absolute Gasteiger partial charge is 0.282 e. The van der Waals surface area contributed by atoms with Crippen LogP contribution in [0.3, 0.4) is 0 Å². The molecule has 3 nitrogen and oxygen atoms in total. The van der Waals surface area contributed by atoms with Crippen LogP contribution in [0.25, 0.3) is 0 Å². The van der Waals surface area contributed by atoms with Crippen LogP contribution in [-0.2, 0) is 6.54 Å². The number of aromatic nitrogens is 1. The van der Waals surface area contributed by atoms with Crippen molar-refractivity contribution in [2.75, 3.05) is 13.2 Å². The fraction of sp³-hybridized carbons (Fsp3) is 0.444. The second-order valence-corrected chi connectivity index (χ2v) is 2.98. The fourth-order valence-electron chi connectivity index (χ4n) is 0.948. The SMILES string of the molecule is OCC(F)(F)CNCc1cccnc1. The lowest BCUT2D eigenvalue weighted by Crippen LogP contribution is -2.35. The third-order valence-electron chi connectivity index (χ3n) is 1.67. The molecule has 2 N–H and O–H groups in total. The first kappa shape index (κ1) is 11.0. The molecular formula is C9H12F2N2O. The first-order valence-electron chi connectivity index (χ1n) is 4.22. The van der Waals surface area contributed by atoms with Gasteiger partial charge in [0, 0.05) is 18.9 Å². The molecule has 0 aliphatic heterocycles. The van der Waals surface area contributed by atoms with Gasteiger partial charge in [-0.15, -0.1) is 0 Å². The van der Waals surface area contributed by atoms with Crippen molar-refractivity contribution in [3.63, 3.8) is 0 Å². The van der Waals surface area contributed by atoms with Crippen LogP contribution in [0.1, 0.15) is 5.56 Å². The molecule has 0 saturated carbocycles. The molecule has 0 atom stereocenters. The lowest BCUT2D eigenvalue weighted by atomic mass is 10.3. The van der Waals surface area contributed by atoms with Crippen molar-refractivity contribution in [3.8, 4) is 0 Å². The van der Waals surface area contributed by atoms with Gasteiger partial charge in [-0.1, -0.05) is 6.07 Å². The second-order valence-electron chi connectivity index (χ2n) is 2.98. The quantitative estimate of drug-likeness (QED) is 0.742. The number of nitrogens with one attached hydrogen (secondary N) is 1. The summed E-state index contributed by atoms with van der Waals surface area (Å²) in [7, 11) is 0. The van der Waals surface area contributed by atoms with Gasteiger partial charge in [0.05, 0.1) is 6.54 Å². The van der Waals surface area contributed by atoms with Gasteiger partial charge in [0.25, 0.3) is 5.92 Å². The summed E-state index contributed by atoms with van der Waals surface area (Å²) in [6.45, 7) is -1.34. The predicted octanol–water partition coefficient (Wildman–Crippen LogP) is 0.799. The van der Waals surface area contributed by atoms with Gasteiger partial charge in [-0.2, -0.15) is 0 Å². The lowest BCUT2D eigenvalue weighted by molar-refractivity contribution is -0.0477. The average molecular weight is 202 g/mol. The van der Waals surface area contributed by atoms with Crippen LogP contribution in [-0.4, -0.2) is 29.2 Å². The zero-order chi connectivity index (χ0) is 10.4. The number of aliphatic hydroxyl groups is 1. The molecule has 1 aromatic heterocycles. The Bertz CT molecular complexity index is 267. The summed E-state index contributed by atoms with van der Waals surface area (Å²) in [5.74, 6) is -3.05. The zero-order valence-corrected chi connectivity index (χ0v) is 7.58. The van der Waals surface area contributed by atoms with Crippen molar-refractivity contribution in [2.24, 2.45) is 0 Å². The van der Waals surface area contributed by atoms with Gasteiger partial charge in [-0.05, 0) is 11.6 Å². The molecule has 1 rings (SSSR count). The van der Waals surface area contributed by atoms with E-state index in [0.29, 0.717) is 6.54 Å². The topological polar surface area (TPSA) is 45.1 Å². The van der Waals surface area contributed by atoms with E-state index in [9.17, 15) is 8.78 Å². The Balaban J connectivity index is 2.29. The van der Waals surface area contributed by atoms with Crippen LogP contribution >= 0.6 is 0 Å². The van der Waals surface area contributed by atoms with Crippen molar-refractivity contribution in [1.29, 1.82) is 0 Å². The summed E-state index contributed by atoms with van der Waals surface area (Å²) in [5, 5.41) is 10.8. The Hall–Kier alpha value is -1.07. The predicted molar refractivity (Wildman–Crippen MR) is 48.0 cm³/mol. The van der Waals surface area contributed by atoms with Crippen molar-refractivity contribution >= 4 is 0 Å². The van der Waals surface area contributed by atoms with Gasteiger partial charge in [0.2, 0.25) is 0 Å². The Labute approximate surface area is 80.8 Å². The Morgan fingerprint density at radius 3 is 2.86 bits per heavy atom. The van der Waals surface area contributed by atoms with E-state index >= 15 is 0 Å². The van der Waals surface area contributed by atoms with Crippen LogP contribution in [0.5, 0.6) is 0 Å². The molecule has 0 amide bonds. The van der Waals surface area contributed by atoms with Crippen LogP contribution < -0.4 is 5.32 Å². The third-order valence-corrected chi connectivity index (χ3v) is 1.67. The van der Waals surface area contributed by atoms with Crippen molar-refractivity contribution in [1.82, 2.24) is 10.3 Å². The zero-order valence-electron chi connectivity index (χ0n) is 7.58. The van der Waals surface area contributed by atoms with Crippen LogP contribution in [0.2, 0.25) is 0 Å². The first-order chi connectivity index (χ1) is 6.64. The van der Waals surface area contributed by atoms with Gasteiger partial charge < -0.3 is 10.4 Å². The summed E-state index contributed by atoms with van der Waals surface area (Å²) >= 11 is 0. The van der Waals surface area contributed by atoms with E-state index in [1.165, 1.54) is 0 Å². The number of halogens is 2. The molecule has 0 fully saturated rings. The van der Waals surface area contributed by atoms with Crippen molar-refractivity contribution < 1.29 is 13.9 Å². The molecule has 0 aromatic carbocycles. The summed E-state index contributed by atoms with van der Waals surface area (Å²) < 4.78 is 25.1. The molecule has 14 heavy (non-hydrogen) atoms. The number of pyridine rings is 1. The Morgan fingerprint density at radius 2 is 2.29 bits per heavy atom. The number of hydrogen-bond donors (Lipinski definition) is 2. The van der Waals surface area contributed by atoms with Crippen LogP contribution in [0.15, 0.2) is 24.5 Å². The second kappa shape index (κ2) is 4.97. The maximum atomic E-state index is 12.5. The number of alkyl halides is 2.